The Hall–Kier alpha value is -2.33. The highest BCUT2D eigenvalue weighted by molar-refractivity contribution is 5.81. The zero-order valence-corrected chi connectivity index (χ0v) is 25.5. The molecule has 0 spiro atoms. The molecule has 1 unspecified atom stereocenters. The highest BCUT2D eigenvalue weighted by atomic mass is 16.5. The molecule has 4 rings (SSSR count). The van der Waals surface area contributed by atoms with Crippen LogP contribution in [0.1, 0.15) is 122 Å². The Bertz CT molecular complexity index is 1140. The van der Waals surface area contributed by atoms with Crippen LogP contribution in [0.25, 0.3) is 0 Å². The van der Waals surface area contributed by atoms with Crippen LogP contribution in [-0.4, -0.2) is 16.6 Å². The zero-order chi connectivity index (χ0) is 28.8. The SMILES string of the molecule is CC(C)CC(c1ccc(OC(=O)C23CCC(c4cc(C(C(C)C)C(C)C)ccc4O)(CC2)C3)cc1)C(C)(C)N. The molecule has 4 nitrogen and oxygen atoms in total. The van der Waals surface area contributed by atoms with Crippen LogP contribution in [0.3, 0.4) is 0 Å². The van der Waals surface area contributed by atoms with E-state index in [9.17, 15) is 9.90 Å². The normalized spacial score (nSPS) is 23.8. The van der Waals surface area contributed by atoms with Crippen molar-refractivity contribution in [1.82, 2.24) is 0 Å². The second-order valence-corrected chi connectivity index (χ2v) is 14.5. The van der Waals surface area contributed by atoms with E-state index < -0.39 is 5.41 Å². The van der Waals surface area contributed by atoms with Crippen LogP contribution < -0.4 is 10.5 Å². The van der Waals surface area contributed by atoms with Crippen LogP contribution in [0.4, 0.5) is 0 Å². The lowest BCUT2D eigenvalue weighted by molar-refractivity contribution is -0.145. The summed E-state index contributed by atoms with van der Waals surface area (Å²) in [7, 11) is 0. The summed E-state index contributed by atoms with van der Waals surface area (Å²) < 4.78 is 6.02. The number of nitrogens with two attached hydrogens (primary N) is 1. The molecule has 2 aliphatic rings. The van der Waals surface area contributed by atoms with Crippen molar-refractivity contribution in [3.8, 4) is 11.5 Å². The first-order valence-electron chi connectivity index (χ1n) is 15.1. The maximum absolute atomic E-state index is 13.6. The van der Waals surface area contributed by atoms with Gasteiger partial charge in [0.1, 0.15) is 11.5 Å². The number of fused-ring (bicyclic) bond motifs is 2. The molecule has 2 aliphatic carbocycles. The van der Waals surface area contributed by atoms with E-state index in [4.69, 9.17) is 10.5 Å². The van der Waals surface area contributed by atoms with E-state index in [1.165, 1.54) is 11.1 Å². The van der Waals surface area contributed by atoms with Gasteiger partial charge in [0, 0.05) is 22.4 Å². The van der Waals surface area contributed by atoms with Crippen LogP contribution in [0.15, 0.2) is 42.5 Å². The molecule has 3 N–H and O–H groups in total. The van der Waals surface area contributed by atoms with Crippen molar-refractivity contribution < 1.29 is 14.6 Å². The number of hydrogen-bond acceptors (Lipinski definition) is 4. The topological polar surface area (TPSA) is 72.5 Å². The summed E-state index contributed by atoms with van der Waals surface area (Å²) >= 11 is 0. The first-order valence-corrected chi connectivity index (χ1v) is 15.1. The molecular weight excluding hydrogens is 482 g/mol. The quantitative estimate of drug-likeness (QED) is 0.237. The number of hydrogen-bond donors (Lipinski definition) is 2. The Labute approximate surface area is 236 Å². The Morgan fingerprint density at radius 3 is 2.00 bits per heavy atom. The van der Waals surface area contributed by atoms with Gasteiger partial charge in [-0.2, -0.15) is 0 Å². The van der Waals surface area contributed by atoms with Gasteiger partial charge < -0.3 is 15.6 Å². The lowest BCUT2D eigenvalue weighted by Crippen LogP contribution is -2.40. The Morgan fingerprint density at radius 1 is 0.923 bits per heavy atom. The van der Waals surface area contributed by atoms with Gasteiger partial charge in [0.15, 0.2) is 0 Å². The predicted molar refractivity (Wildman–Crippen MR) is 160 cm³/mol. The van der Waals surface area contributed by atoms with E-state index in [1.54, 1.807) is 0 Å². The maximum Gasteiger partial charge on any atom is 0.317 e. The minimum atomic E-state index is -0.476. The fraction of sp³-hybridized carbons (Fsp3) is 0.629. The van der Waals surface area contributed by atoms with Gasteiger partial charge in [0.25, 0.3) is 0 Å². The van der Waals surface area contributed by atoms with Gasteiger partial charge in [-0.25, -0.2) is 0 Å². The molecule has 0 saturated heterocycles. The molecule has 1 atom stereocenters. The van der Waals surface area contributed by atoms with E-state index in [1.807, 2.05) is 18.2 Å². The summed E-state index contributed by atoms with van der Waals surface area (Å²) in [5, 5.41) is 11.0. The summed E-state index contributed by atoms with van der Waals surface area (Å²) in [6.45, 7) is 17.7. The molecule has 2 aromatic carbocycles. The van der Waals surface area contributed by atoms with Crippen molar-refractivity contribution in [3.05, 3.63) is 59.2 Å². The second-order valence-electron chi connectivity index (χ2n) is 14.5. The fourth-order valence-corrected chi connectivity index (χ4v) is 7.90. The minimum absolute atomic E-state index is 0.120. The fourth-order valence-electron chi connectivity index (χ4n) is 7.90. The van der Waals surface area contributed by atoms with Gasteiger partial charge in [0.05, 0.1) is 5.41 Å². The third kappa shape index (κ3) is 5.92. The van der Waals surface area contributed by atoms with Gasteiger partial charge in [-0.05, 0) is 105 Å². The molecule has 0 heterocycles. The summed E-state index contributed by atoms with van der Waals surface area (Å²) in [5.74, 6) is 3.10. The molecular formula is C35H51NO3. The van der Waals surface area contributed by atoms with E-state index in [2.05, 4.69) is 79.7 Å². The molecule has 0 amide bonds. The van der Waals surface area contributed by atoms with Crippen molar-refractivity contribution in [3.63, 3.8) is 0 Å². The number of phenols is 1. The molecule has 4 heteroatoms. The van der Waals surface area contributed by atoms with Crippen LogP contribution in [0.2, 0.25) is 0 Å². The molecule has 0 radical (unpaired) electrons. The first-order chi connectivity index (χ1) is 18.2. The van der Waals surface area contributed by atoms with E-state index in [0.717, 1.165) is 44.1 Å². The van der Waals surface area contributed by atoms with Crippen molar-refractivity contribution in [2.45, 2.75) is 117 Å². The van der Waals surface area contributed by atoms with Crippen LogP contribution >= 0.6 is 0 Å². The smallest absolute Gasteiger partial charge is 0.317 e. The van der Waals surface area contributed by atoms with E-state index in [-0.39, 0.29) is 22.8 Å². The summed E-state index contributed by atoms with van der Waals surface area (Å²) in [6, 6.07) is 14.2. The third-order valence-electron chi connectivity index (χ3n) is 9.79. The number of phenolic OH excluding ortho intramolecular Hbond substituents is 1. The molecule has 39 heavy (non-hydrogen) atoms. The Balaban J connectivity index is 1.52. The van der Waals surface area contributed by atoms with E-state index in [0.29, 0.717) is 35.2 Å². The van der Waals surface area contributed by atoms with Gasteiger partial charge >= 0.3 is 5.97 Å². The largest absolute Gasteiger partial charge is 0.508 e. The minimum Gasteiger partial charge on any atom is -0.508 e. The van der Waals surface area contributed by atoms with Gasteiger partial charge in [-0.3, -0.25) is 4.79 Å². The van der Waals surface area contributed by atoms with Crippen molar-refractivity contribution in [2.75, 3.05) is 0 Å². The maximum atomic E-state index is 13.6. The zero-order valence-electron chi connectivity index (χ0n) is 25.5. The first kappa shape index (κ1) is 29.6. The van der Waals surface area contributed by atoms with Crippen molar-refractivity contribution in [2.24, 2.45) is 28.9 Å². The van der Waals surface area contributed by atoms with Gasteiger partial charge in [-0.15, -0.1) is 0 Å². The molecule has 2 bridgehead atoms. The Kier molecular flexibility index (Phi) is 8.30. The average Bonchev–Trinajstić information content (AvgIpc) is 3.42. The summed E-state index contributed by atoms with van der Waals surface area (Å²) in [5.41, 5.74) is 9.08. The monoisotopic (exact) mass is 533 g/mol. The third-order valence-corrected chi connectivity index (χ3v) is 9.79. The Morgan fingerprint density at radius 2 is 1.49 bits per heavy atom. The molecule has 0 aliphatic heterocycles. The van der Waals surface area contributed by atoms with Gasteiger partial charge in [-0.1, -0.05) is 65.8 Å². The number of aromatic hydroxyl groups is 1. The number of esters is 1. The summed E-state index contributed by atoms with van der Waals surface area (Å²) in [4.78, 5) is 13.6. The molecule has 2 fully saturated rings. The van der Waals surface area contributed by atoms with E-state index >= 15 is 0 Å². The van der Waals surface area contributed by atoms with Crippen molar-refractivity contribution >= 4 is 5.97 Å². The second kappa shape index (κ2) is 10.9. The number of benzene rings is 2. The number of carbonyl (C=O) groups is 1. The van der Waals surface area contributed by atoms with Crippen LogP contribution in [0, 0.1) is 23.2 Å². The van der Waals surface area contributed by atoms with Crippen LogP contribution in [-0.2, 0) is 10.2 Å². The standard InChI is InChI=1S/C35H51NO3/c1-22(2)19-28(33(7,8)36)25-9-12-27(13-10-25)39-32(38)35-17-15-34(21-35,16-18-35)29-20-26(11-14-30(29)37)31(23(3)4)24(5)6/h9-14,20,22-24,28,31,37H,15-19,21,36H2,1-8H3. The molecule has 2 aromatic rings. The van der Waals surface area contributed by atoms with Gasteiger partial charge in [0.2, 0.25) is 0 Å². The lowest BCUT2D eigenvalue weighted by atomic mass is 9.74. The number of rotatable bonds is 10. The number of ether oxygens (including phenoxy) is 1. The number of carbonyl (C=O) groups excluding carboxylic acids is 1. The average molecular weight is 534 g/mol. The highest BCUT2D eigenvalue weighted by Crippen LogP contribution is 2.64. The van der Waals surface area contributed by atoms with Crippen molar-refractivity contribution in [1.29, 1.82) is 0 Å². The predicted octanol–water partition coefficient (Wildman–Crippen LogP) is 8.46. The van der Waals surface area contributed by atoms with Crippen LogP contribution in [0.5, 0.6) is 11.5 Å². The highest BCUT2D eigenvalue weighted by Gasteiger charge is 2.60. The lowest BCUT2D eigenvalue weighted by Gasteiger charge is -2.32. The molecule has 2 saturated carbocycles. The molecule has 0 aromatic heterocycles. The molecule has 214 valence electrons. The summed E-state index contributed by atoms with van der Waals surface area (Å²) in [6.07, 6.45) is 5.20.